The molecular weight excluding hydrogens is 256 g/mol. The Morgan fingerprint density at radius 1 is 1.20 bits per heavy atom. The number of hydrogen-bond donors (Lipinski definition) is 0. The summed E-state index contributed by atoms with van der Waals surface area (Å²) in [6.45, 7) is 4.77. The van der Waals surface area contributed by atoms with Gasteiger partial charge in [0.05, 0.1) is 12.5 Å². The highest BCUT2D eigenvalue weighted by Crippen LogP contribution is 2.32. The summed E-state index contributed by atoms with van der Waals surface area (Å²) in [6, 6.07) is 0. The Morgan fingerprint density at radius 2 is 1.90 bits per heavy atom. The molecule has 1 saturated carbocycles. The minimum atomic E-state index is -0.247. The van der Waals surface area contributed by atoms with E-state index >= 15 is 0 Å². The smallest absolute Gasteiger partial charge is 0.309 e. The summed E-state index contributed by atoms with van der Waals surface area (Å²) in [4.78, 5) is 11.9. The normalized spacial score (nSPS) is 24.4. The average Bonchev–Trinajstić information content (AvgIpc) is 2.49. The Hall–Kier alpha value is -0.610. The van der Waals surface area contributed by atoms with Crippen molar-refractivity contribution in [3.63, 3.8) is 0 Å². The first-order valence-electron chi connectivity index (χ1n) is 7.98. The summed E-state index contributed by atoms with van der Waals surface area (Å²) in [5.74, 6) is 0.880. The number of carbonyl (C=O) groups is 1. The molecule has 0 radical (unpaired) electrons. The third kappa shape index (κ3) is 6.71. The van der Waals surface area contributed by atoms with E-state index in [1.54, 1.807) is 7.11 Å². The zero-order valence-corrected chi connectivity index (χ0v) is 13.2. The first-order chi connectivity index (χ1) is 9.67. The quantitative estimate of drug-likeness (QED) is 0.369. The Balaban J connectivity index is 2.10. The summed E-state index contributed by atoms with van der Waals surface area (Å²) < 4.78 is 15.5. The van der Waals surface area contributed by atoms with Crippen molar-refractivity contribution in [3.05, 3.63) is 0 Å². The Bertz CT molecular complexity index is 259. The van der Waals surface area contributed by atoms with Gasteiger partial charge in [-0.25, -0.2) is 0 Å². The van der Waals surface area contributed by atoms with Crippen molar-refractivity contribution < 1.29 is 19.0 Å². The van der Waals surface area contributed by atoms with Gasteiger partial charge in [-0.1, -0.05) is 26.2 Å². The maximum absolute atomic E-state index is 11.9. The van der Waals surface area contributed by atoms with Crippen molar-refractivity contribution in [1.29, 1.82) is 0 Å². The van der Waals surface area contributed by atoms with E-state index < -0.39 is 0 Å². The monoisotopic (exact) mass is 286 g/mol. The fourth-order valence-corrected chi connectivity index (χ4v) is 2.72. The fourth-order valence-electron chi connectivity index (χ4n) is 2.72. The molecule has 20 heavy (non-hydrogen) atoms. The molecule has 0 amide bonds. The first kappa shape index (κ1) is 17.4. The van der Waals surface area contributed by atoms with Gasteiger partial charge in [0, 0.05) is 7.11 Å². The van der Waals surface area contributed by atoms with E-state index in [4.69, 9.17) is 14.2 Å². The molecule has 0 aromatic carbocycles. The molecular formula is C16H30O4. The van der Waals surface area contributed by atoms with Crippen molar-refractivity contribution in [3.8, 4) is 0 Å². The molecule has 118 valence electrons. The summed E-state index contributed by atoms with van der Waals surface area (Å²) in [5.41, 5.74) is 0. The summed E-state index contributed by atoms with van der Waals surface area (Å²) in [7, 11) is 1.59. The van der Waals surface area contributed by atoms with Gasteiger partial charge in [0.2, 0.25) is 0 Å². The van der Waals surface area contributed by atoms with Crippen molar-refractivity contribution in [2.45, 2.75) is 65.1 Å². The van der Waals surface area contributed by atoms with Crippen molar-refractivity contribution >= 4 is 5.97 Å². The third-order valence-electron chi connectivity index (χ3n) is 4.16. The van der Waals surface area contributed by atoms with Crippen LogP contribution >= 0.6 is 0 Å². The standard InChI is InChI=1S/C16H30O4/c1-4-5-6-14-7-9-15(10-8-14)16(17)20-12-11-19-13(2)18-3/h13-15H,4-12H2,1-3H3. The number of unbranched alkanes of at least 4 members (excludes halogenated alkanes) is 1. The third-order valence-corrected chi connectivity index (χ3v) is 4.16. The summed E-state index contributed by atoms with van der Waals surface area (Å²) in [6.07, 6.45) is 7.99. The Morgan fingerprint density at radius 3 is 2.50 bits per heavy atom. The lowest BCUT2D eigenvalue weighted by molar-refractivity contribution is -0.157. The lowest BCUT2D eigenvalue weighted by Gasteiger charge is -2.27. The van der Waals surface area contributed by atoms with Crippen LogP contribution in [0.5, 0.6) is 0 Å². The predicted molar refractivity (Wildman–Crippen MR) is 78.4 cm³/mol. The van der Waals surface area contributed by atoms with Crippen LogP contribution < -0.4 is 0 Å². The average molecular weight is 286 g/mol. The van der Waals surface area contributed by atoms with E-state index in [0.717, 1.165) is 18.8 Å². The molecule has 1 rings (SSSR count). The van der Waals surface area contributed by atoms with Crippen molar-refractivity contribution in [2.24, 2.45) is 11.8 Å². The van der Waals surface area contributed by atoms with Crippen LogP contribution in [-0.2, 0) is 19.0 Å². The molecule has 1 unspecified atom stereocenters. The van der Waals surface area contributed by atoms with Gasteiger partial charge in [0.15, 0.2) is 6.29 Å². The molecule has 0 bridgehead atoms. The first-order valence-corrected chi connectivity index (χ1v) is 7.98. The largest absolute Gasteiger partial charge is 0.463 e. The van der Waals surface area contributed by atoms with E-state index in [9.17, 15) is 4.79 Å². The van der Waals surface area contributed by atoms with E-state index in [-0.39, 0.29) is 18.2 Å². The molecule has 0 aliphatic heterocycles. The van der Waals surface area contributed by atoms with Crippen LogP contribution in [-0.4, -0.2) is 32.6 Å². The molecule has 1 atom stereocenters. The second-order valence-electron chi connectivity index (χ2n) is 5.70. The highest BCUT2D eigenvalue weighted by molar-refractivity contribution is 5.72. The molecule has 1 aliphatic carbocycles. The van der Waals surface area contributed by atoms with Gasteiger partial charge < -0.3 is 14.2 Å². The van der Waals surface area contributed by atoms with Gasteiger partial charge in [0.1, 0.15) is 6.61 Å². The van der Waals surface area contributed by atoms with Crippen LogP contribution in [0.25, 0.3) is 0 Å². The van der Waals surface area contributed by atoms with Gasteiger partial charge in [-0.15, -0.1) is 0 Å². The van der Waals surface area contributed by atoms with Gasteiger partial charge in [-0.05, 0) is 38.5 Å². The molecule has 4 nitrogen and oxygen atoms in total. The van der Waals surface area contributed by atoms with Gasteiger partial charge in [0.25, 0.3) is 0 Å². The fraction of sp³-hybridized carbons (Fsp3) is 0.938. The lowest BCUT2D eigenvalue weighted by atomic mass is 9.80. The lowest BCUT2D eigenvalue weighted by Crippen LogP contribution is -2.25. The SMILES string of the molecule is CCCCC1CCC(C(=O)OCCOC(C)OC)CC1. The van der Waals surface area contributed by atoms with Crippen LogP contribution in [0.3, 0.4) is 0 Å². The predicted octanol–water partition coefficient (Wildman–Crippen LogP) is 3.54. The van der Waals surface area contributed by atoms with Crippen molar-refractivity contribution in [1.82, 2.24) is 0 Å². The Labute approximate surface area is 123 Å². The second kappa shape index (κ2) is 10.2. The number of esters is 1. The molecule has 0 heterocycles. The summed E-state index contributed by atoms with van der Waals surface area (Å²) >= 11 is 0. The minimum absolute atomic E-state index is 0.0485. The van der Waals surface area contributed by atoms with Crippen LogP contribution in [0.1, 0.15) is 58.8 Å². The number of ether oxygens (including phenoxy) is 3. The Kier molecular flexibility index (Phi) is 8.86. The van der Waals surface area contributed by atoms with Crippen LogP contribution in [0.4, 0.5) is 0 Å². The topological polar surface area (TPSA) is 44.8 Å². The van der Waals surface area contributed by atoms with Gasteiger partial charge >= 0.3 is 5.97 Å². The second-order valence-corrected chi connectivity index (χ2v) is 5.70. The molecule has 0 spiro atoms. The number of carbonyl (C=O) groups excluding carboxylic acids is 1. The highest BCUT2D eigenvalue weighted by atomic mass is 16.7. The molecule has 0 aromatic heterocycles. The molecule has 4 heteroatoms. The molecule has 0 saturated heterocycles. The maximum Gasteiger partial charge on any atom is 0.309 e. The zero-order valence-electron chi connectivity index (χ0n) is 13.2. The highest BCUT2D eigenvalue weighted by Gasteiger charge is 2.26. The molecule has 1 aliphatic rings. The number of hydrogen-bond acceptors (Lipinski definition) is 4. The maximum atomic E-state index is 11.9. The van der Waals surface area contributed by atoms with Gasteiger partial charge in [-0.2, -0.15) is 0 Å². The van der Waals surface area contributed by atoms with E-state index in [1.165, 1.54) is 32.1 Å². The van der Waals surface area contributed by atoms with Crippen LogP contribution in [0, 0.1) is 11.8 Å². The zero-order chi connectivity index (χ0) is 14.8. The van der Waals surface area contributed by atoms with Crippen molar-refractivity contribution in [2.75, 3.05) is 20.3 Å². The molecule has 0 N–H and O–H groups in total. The number of rotatable bonds is 9. The van der Waals surface area contributed by atoms with E-state index in [0.29, 0.717) is 13.2 Å². The van der Waals surface area contributed by atoms with E-state index in [1.807, 2.05) is 6.92 Å². The van der Waals surface area contributed by atoms with E-state index in [2.05, 4.69) is 6.92 Å². The minimum Gasteiger partial charge on any atom is -0.463 e. The molecule has 1 fully saturated rings. The van der Waals surface area contributed by atoms with Gasteiger partial charge in [-0.3, -0.25) is 4.79 Å². The van der Waals surface area contributed by atoms with Crippen LogP contribution in [0.15, 0.2) is 0 Å². The summed E-state index contributed by atoms with van der Waals surface area (Å²) in [5, 5.41) is 0. The van der Waals surface area contributed by atoms with Crippen LogP contribution in [0.2, 0.25) is 0 Å². The number of methoxy groups -OCH3 is 1. The molecule has 0 aromatic rings.